The second kappa shape index (κ2) is 22.3. The number of hydrogen-bond donors (Lipinski definition) is 4. The summed E-state index contributed by atoms with van der Waals surface area (Å²) in [5.74, 6) is -0.413. The smallest absolute Gasteiger partial charge is 0.323 e. The number of H-pyrrole nitrogens is 2. The summed E-state index contributed by atoms with van der Waals surface area (Å²) in [5.41, 5.74) is 11.7. The summed E-state index contributed by atoms with van der Waals surface area (Å²) in [5, 5.41) is 0. The Hall–Kier alpha value is -3.21. The summed E-state index contributed by atoms with van der Waals surface area (Å²) in [4.78, 5) is 50.9. The second-order valence-electron chi connectivity index (χ2n) is 12.3. The Morgan fingerprint density at radius 3 is 2.20 bits per heavy atom. The van der Waals surface area contributed by atoms with E-state index in [4.69, 9.17) is 20.9 Å². The number of fused-ring (bicyclic) bond motifs is 1. The molecule has 2 aromatic heterocycles. The molecule has 0 saturated carbocycles. The van der Waals surface area contributed by atoms with Gasteiger partial charge in [-0.2, -0.15) is 4.98 Å². The fraction of sp³-hybridized carbons (Fsp3) is 0.735. The Bertz CT molecular complexity index is 1210. The molecule has 3 atom stereocenters. The van der Waals surface area contributed by atoms with E-state index in [0.717, 1.165) is 32.1 Å². The molecule has 0 saturated heterocycles. The van der Waals surface area contributed by atoms with Gasteiger partial charge in [-0.3, -0.25) is 19.4 Å². The minimum atomic E-state index is -0.686. The Labute approximate surface area is 268 Å². The summed E-state index contributed by atoms with van der Waals surface area (Å²) in [6.07, 6.45) is 22.2. The van der Waals surface area contributed by atoms with Crippen molar-refractivity contribution in [1.29, 1.82) is 0 Å². The van der Waals surface area contributed by atoms with Gasteiger partial charge in [0.25, 0.3) is 5.56 Å². The quantitative estimate of drug-likeness (QED) is 0.0558. The summed E-state index contributed by atoms with van der Waals surface area (Å²) in [6.45, 7) is 6.40. The normalized spacial score (nSPS) is 13.7. The molecule has 11 heteroatoms. The second-order valence-corrected chi connectivity index (χ2v) is 12.3. The molecule has 0 aliphatic carbocycles. The number of nitrogens with one attached hydrogen (secondary N) is 2. The standard InChI is InChI=1S/C34H58N6O5/c1-4-6-7-8-9-10-11-12-13-14-15-16-17-18-19-20-28(41)45-24-26(21-22-44-33(43)29(35)25(3)5-2)23-27-37-30-31(38-27)39-34(36)40-32(30)42/h15-16,25-26,29H,4-14,17-24,35H2,1-3H3,(H4,36,37,38,39,40,42)/t25-,26?,29-/m0/s1. The van der Waals surface area contributed by atoms with Crippen molar-refractivity contribution in [3.63, 3.8) is 0 Å². The lowest BCUT2D eigenvalue weighted by atomic mass is 10.0. The number of esters is 2. The van der Waals surface area contributed by atoms with Crippen molar-refractivity contribution in [2.75, 3.05) is 18.9 Å². The van der Waals surface area contributed by atoms with Crippen molar-refractivity contribution in [2.45, 2.75) is 136 Å². The van der Waals surface area contributed by atoms with Gasteiger partial charge in [0, 0.05) is 18.8 Å². The highest BCUT2D eigenvalue weighted by molar-refractivity contribution is 5.75. The van der Waals surface area contributed by atoms with Gasteiger partial charge < -0.3 is 25.9 Å². The number of ether oxygens (including phenoxy) is 2. The number of nitrogens with zero attached hydrogens (tertiary/aromatic N) is 2. The summed E-state index contributed by atoms with van der Waals surface area (Å²) < 4.78 is 11.0. The van der Waals surface area contributed by atoms with E-state index in [1.165, 1.54) is 57.8 Å². The van der Waals surface area contributed by atoms with Gasteiger partial charge in [-0.25, -0.2) is 4.98 Å². The fourth-order valence-corrected chi connectivity index (χ4v) is 5.12. The predicted octanol–water partition coefficient (Wildman–Crippen LogP) is 6.27. The number of aromatic amines is 2. The van der Waals surface area contributed by atoms with Crippen molar-refractivity contribution in [3.05, 3.63) is 28.3 Å². The van der Waals surface area contributed by atoms with E-state index in [9.17, 15) is 14.4 Å². The van der Waals surface area contributed by atoms with E-state index in [1.54, 1.807) is 0 Å². The van der Waals surface area contributed by atoms with Crippen molar-refractivity contribution < 1.29 is 19.1 Å². The Morgan fingerprint density at radius 1 is 0.889 bits per heavy atom. The van der Waals surface area contributed by atoms with Crippen LogP contribution in [0.25, 0.3) is 11.2 Å². The van der Waals surface area contributed by atoms with E-state index >= 15 is 0 Å². The third kappa shape index (κ3) is 15.6. The van der Waals surface area contributed by atoms with Crippen LogP contribution in [0.5, 0.6) is 0 Å². The van der Waals surface area contributed by atoms with Crippen molar-refractivity contribution in [1.82, 2.24) is 19.9 Å². The lowest BCUT2D eigenvalue weighted by Crippen LogP contribution is -2.38. The van der Waals surface area contributed by atoms with Crippen LogP contribution in [-0.4, -0.2) is 51.1 Å². The molecule has 0 aliphatic heterocycles. The molecule has 6 N–H and O–H groups in total. The van der Waals surface area contributed by atoms with Crippen LogP contribution in [0.15, 0.2) is 16.9 Å². The molecule has 2 rings (SSSR count). The number of nitrogens with two attached hydrogens (primary N) is 2. The minimum absolute atomic E-state index is 0.0121. The van der Waals surface area contributed by atoms with Crippen LogP contribution in [0.2, 0.25) is 0 Å². The van der Waals surface area contributed by atoms with E-state index in [-0.39, 0.29) is 48.1 Å². The number of unbranched alkanes of at least 4 members (excludes halogenated alkanes) is 11. The highest BCUT2D eigenvalue weighted by atomic mass is 16.5. The number of carbonyl (C=O) groups excluding carboxylic acids is 2. The van der Waals surface area contributed by atoms with Crippen LogP contribution in [0.4, 0.5) is 5.95 Å². The lowest BCUT2D eigenvalue weighted by molar-refractivity contribution is -0.149. The van der Waals surface area contributed by atoms with Gasteiger partial charge in [-0.15, -0.1) is 0 Å². The van der Waals surface area contributed by atoms with Gasteiger partial charge >= 0.3 is 11.9 Å². The molecule has 0 spiro atoms. The first-order valence-corrected chi connectivity index (χ1v) is 17.2. The Kier molecular flexibility index (Phi) is 18.8. The number of nitrogen functional groups attached to an aromatic ring is 1. The average Bonchev–Trinajstić information content (AvgIpc) is 3.43. The third-order valence-electron chi connectivity index (χ3n) is 8.33. The molecule has 0 fully saturated rings. The van der Waals surface area contributed by atoms with Crippen LogP contribution in [0.1, 0.15) is 129 Å². The molecule has 11 nitrogen and oxygen atoms in total. The first-order chi connectivity index (χ1) is 21.7. The van der Waals surface area contributed by atoms with Crippen LogP contribution >= 0.6 is 0 Å². The molecule has 0 bridgehead atoms. The van der Waals surface area contributed by atoms with Crippen LogP contribution in [0.3, 0.4) is 0 Å². The Morgan fingerprint density at radius 2 is 1.53 bits per heavy atom. The first-order valence-electron chi connectivity index (χ1n) is 17.2. The molecular weight excluding hydrogens is 572 g/mol. The molecule has 45 heavy (non-hydrogen) atoms. The zero-order valence-electron chi connectivity index (χ0n) is 27.9. The topological polar surface area (TPSA) is 179 Å². The first kappa shape index (κ1) is 38.0. The molecule has 0 amide bonds. The van der Waals surface area contributed by atoms with Gasteiger partial charge in [-0.1, -0.05) is 90.7 Å². The number of rotatable bonds is 25. The van der Waals surface area contributed by atoms with Crippen LogP contribution in [0, 0.1) is 11.8 Å². The molecule has 0 aromatic carbocycles. The highest BCUT2D eigenvalue weighted by Gasteiger charge is 2.22. The number of imidazole rings is 1. The highest BCUT2D eigenvalue weighted by Crippen LogP contribution is 2.16. The SMILES string of the molecule is CCCCCCCCCCCC=CCCCCC(=O)OCC(CCOC(=O)[C@@H](N)[C@@H](C)CC)Cc1nc2nc(N)[nH]c(=O)c2[nH]1. The van der Waals surface area contributed by atoms with Crippen LogP contribution < -0.4 is 17.0 Å². The summed E-state index contributed by atoms with van der Waals surface area (Å²) >= 11 is 0. The van der Waals surface area contributed by atoms with Gasteiger partial charge in [-0.05, 0) is 44.4 Å². The van der Waals surface area contributed by atoms with Gasteiger partial charge in [0.2, 0.25) is 5.95 Å². The molecule has 0 radical (unpaired) electrons. The molecule has 254 valence electrons. The summed E-state index contributed by atoms with van der Waals surface area (Å²) in [7, 11) is 0. The maximum absolute atomic E-state index is 12.5. The third-order valence-corrected chi connectivity index (χ3v) is 8.33. The average molecular weight is 631 g/mol. The molecule has 0 aliphatic rings. The fourth-order valence-electron chi connectivity index (χ4n) is 5.12. The number of hydrogen-bond acceptors (Lipinski definition) is 9. The van der Waals surface area contributed by atoms with Crippen LogP contribution in [-0.2, 0) is 25.5 Å². The number of anilines is 1. The number of carbonyl (C=O) groups is 2. The van der Waals surface area contributed by atoms with Gasteiger partial charge in [0.15, 0.2) is 11.2 Å². The minimum Gasteiger partial charge on any atom is -0.465 e. The van der Waals surface area contributed by atoms with E-state index in [0.29, 0.717) is 25.1 Å². The predicted molar refractivity (Wildman–Crippen MR) is 180 cm³/mol. The van der Waals surface area contributed by atoms with Gasteiger partial charge in [0.1, 0.15) is 11.9 Å². The van der Waals surface area contributed by atoms with Crippen molar-refractivity contribution >= 4 is 29.1 Å². The Balaban J connectivity index is 1.72. The molecule has 1 unspecified atom stereocenters. The monoisotopic (exact) mass is 630 g/mol. The van der Waals surface area contributed by atoms with Crippen molar-refractivity contribution in [3.8, 4) is 0 Å². The maximum Gasteiger partial charge on any atom is 0.323 e. The molecular formula is C34H58N6O5. The van der Waals surface area contributed by atoms with Gasteiger partial charge in [0.05, 0.1) is 13.2 Å². The number of aromatic nitrogens is 4. The van der Waals surface area contributed by atoms with E-state index in [1.807, 2.05) is 13.8 Å². The molecule has 2 aromatic rings. The maximum atomic E-state index is 12.5. The summed E-state index contributed by atoms with van der Waals surface area (Å²) in [6, 6.07) is -0.686. The van der Waals surface area contributed by atoms with E-state index in [2.05, 4.69) is 39.0 Å². The largest absolute Gasteiger partial charge is 0.465 e. The lowest BCUT2D eigenvalue weighted by Gasteiger charge is -2.19. The zero-order valence-corrected chi connectivity index (χ0v) is 27.9. The van der Waals surface area contributed by atoms with Crippen molar-refractivity contribution in [2.24, 2.45) is 17.6 Å². The zero-order chi connectivity index (χ0) is 32.9. The molecule has 2 heterocycles. The number of allylic oxidation sites excluding steroid dienone is 2. The van der Waals surface area contributed by atoms with E-state index < -0.39 is 17.6 Å².